The summed E-state index contributed by atoms with van der Waals surface area (Å²) in [5, 5.41) is 0. The summed E-state index contributed by atoms with van der Waals surface area (Å²) < 4.78 is 0. The molecule has 102 valence electrons. The summed E-state index contributed by atoms with van der Waals surface area (Å²) in [5.74, 6) is 1.09. The van der Waals surface area contributed by atoms with Crippen molar-refractivity contribution in [2.75, 3.05) is 13.6 Å². The average Bonchev–Trinajstić information content (AvgIpc) is 2.36. The van der Waals surface area contributed by atoms with Crippen LogP contribution in [0.4, 0.5) is 0 Å². The van der Waals surface area contributed by atoms with Crippen molar-refractivity contribution in [2.24, 2.45) is 5.92 Å². The number of hydrogen-bond acceptors (Lipinski definition) is 1. The molecular weight excluding hydrogens is 218 g/mol. The highest BCUT2D eigenvalue weighted by molar-refractivity contribution is 5.11. The van der Waals surface area contributed by atoms with Gasteiger partial charge in [-0.25, -0.2) is 0 Å². The summed E-state index contributed by atoms with van der Waals surface area (Å²) in [5.41, 5.74) is 1.32. The summed E-state index contributed by atoms with van der Waals surface area (Å²) in [7, 11) is 2.26. The van der Waals surface area contributed by atoms with E-state index < -0.39 is 0 Å². The minimum atomic E-state index is 0.985. The van der Waals surface area contributed by atoms with Gasteiger partial charge in [0.2, 0.25) is 0 Å². The molecule has 2 aliphatic rings. The van der Waals surface area contributed by atoms with Crippen LogP contribution in [-0.4, -0.2) is 24.5 Å². The fourth-order valence-corrected chi connectivity index (χ4v) is 2.49. The van der Waals surface area contributed by atoms with E-state index in [-0.39, 0.29) is 0 Å². The van der Waals surface area contributed by atoms with Crippen molar-refractivity contribution in [3.63, 3.8) is 0 Å². The van der Waals surface area contributed by atoms with Crippen molar-refractivity contribution in [3.05, 3.63) is 35.9 Å². The number of aryl methyl sites for hydroxylation is 1. The number of hydrogen-bond donors (Lipinski definition) is 0. The van der Waals surface area contributed by atoms with E-state index in [0.29, 0.717) is 0 Å². The van der Waals surface area contributed by atoms with E-state index in [2.05, 4.69) is 31.0 Å². The highest BCUT2D eigenvalue weighted by atomic mass is 15.2. The van der Waals surface area contributed by atoms with Crippen molar-refractivity contribution >= 4 is 0 Å². The molecular formula is C17H29N. The summed E-state index contributed by atoms with van der Waals surface area (Å²) in [6, 6.07) is 11.2. The van der Waals surface area contributed by atoms with E-state index in [1.54, 1.807) is 0 Å². The molecule has 18 heavy (non-hydrogen) atoms. The van der Waals surface area contributed by atoms with Gasteiger partial charge in [0.25, 0.3) is 0 Å². The number of likely N-dealkylation sites (tertiary alicyclic amines) is 1. The van der Waals surface area contributed by atoms with Crippen LogP contribution in [0.1, 0.15) is 45.1 Å². The molecule has 0 aromatic heterocycles. The SMILES string of the molecule is CC.CN1CCC1C1CCC1.Cc1ccccc1. The molecule has 1 heteroatoms. The van der Waals surface area contributed by atoms with Gasteiger partial charge in [0.1, 0.15) is 0 Å². The zero-order chi connectivity index (χ0) is 13.4. The quantitative estimate of drug-likeness (QED) is 0.705. The molecule has 2 fully saturated rings. The molecule has 1 saturated heterocycles. The molecule has 0 radical (unpaired) electrons. The lowest BCUT2D eigenvalue weighted by Crippen LogP contribution is -2.50. The van der Waals surface area contributed by atoms with Crippen molar-refractivity contribution in [1.29, 1.82) is 0 Å². The Bertz CT molecular complexity index is 303. The molecule has 1 unspecified atom stereocenters. The third-order valence-electron chi connectivity index (χ3n) is 3.98. The standard InChI is InChI=1S/C8H15N.C7H8.C2H6/c1-9-6-5-8(9)7-3-2-4-7;1-7-5-3-2-4-6-7;1-2/h7-8H,2-6H2,1H3;2-6H,1H3;1-2H3. The topological polar surface area (TPSA) is 3.24 Å². The van der Waals surface area contributed by atoms with Gasteiger partial charge in [0, 0.05) is 6.04 Å². The van der Waals surface area contributed by atoms with Crippen molar-refractivity contribution < 1.29 is 0 Å². The Labute approximate surface area is 113 Å². The Balaban J connectivity index is 0.000000163. The summed E-state index contributed by atoms with van der Waals surface area (Å²) in [4.78, 5) is 2.50. The van der Waals surface area contributed by atoms with Crippen LogP contribution in [0.2, 0.25) is 0 Å². The zero-order valence-electron chi connectivity index (χ0n) is 12.5. The van der Waals surface area contributed by atoms with Crippen LogP contribution in [0.5, 0.6) is 0 Å². The number of rotatable bonds is 1. The molecule has 1 aliphatic heterocycles. The Morgan fingerprint density at radius 1 is 1.00 bits per heavy atom. The van der Waals surface area contributed by atoms with Gasteiger partial charge in [0.05, 0.1) is 0 Å². The molecule has 0 amide bonds. The molecule has 1 aromatic carbocycles. The van der Waals surface area contributed by atoms with Gasteiger partial charge in [-0.1, -0.05) is 56.2 Å². The smallest absolute Gasteiger partial charge is 0.0133 e. The van der Waals surface area contributed by atoms with E-state index in [0.717, 1.165) is 12.0 Å². The van der Waals surface area contributed by atoms with Gasteiger partial charge < -0.3 is 4.90 Å². The van der Waals surface area contributed by atoms with Gasteiger partial charge in [-0.15, -0.1) is 0 Å². The Kier molecular flexibility index (Phi) is 7.04. The lowest BCUT2D eigenvalue weighted by molar-refractivity contribution is 0.0373. The van der Waals surface area contributed by atoms with Gasteiger partial charge in [-0.05, 0) is 45.7 Å². The Hall–Kier alpha value is -0.820. The van der Waals surface area contributed by atoms with E-state index in [4.69, 9.17) is 0 Å². The summed E-state index contributed by atoms with van der Waals surface area (Å²) in [6.07, 6.45) is 5.99. The molecule has 1 aromatic rings. The molecule has 0 spiro atoms. The average molecular weight is 247 g/mol. The first-order chi connectivity index (χ1) is 8.77. The highest BCUT2D eigenvalue weighted by Crippen LogP contribution is 2.36. The van der Waals surface area contributed by atoms with Gasteiger partial charge in [0.15, 0.2) is 0 Å². The predicted molar refractivity (Wildman–Crippen MR) is 80.9 cm³/mol. The van der Waals surface area contributed by atoms with Crippen LogP contribution < -0.4 is 0 Å². The minimum absolute atomic E-state index is 0.985. The Morgan fingerprint density at radius 3 is 1.78 bits per heavy atom. The molecule has 1 saturated carbocycles. The second kappa shape index (κ2) is 8.31. The highest BCUT2D eigenvalue weighted by Gasteiger charge is 2.34. The van der Waals surface area contributed by atoms with Gasteiger partial charge in [-0.2, -0.15) is 0 Å². The summed E-state index contributed by atoms with van der Waals surface area (Å²) in [6.45, 7) is 7.43. The minimum Gasteiger partial charge on any atom is -0.303 e. The number of nitrogens with zero attached hydrogens (tertiary/aromatic N) is 1. The first kappa shape index (κ1) is 15.2. The normalized spacial score (nSPS) is 22.6. The van der Waals surface area contributed by atoms with Crippen LogP contribution in [0.15, 0.2) is 30.3 Å². The first-order valence-electron chi connectivity index (χ1n) is 7.49. The second-order valence-corrected chi connectivity index (χ2v) is 5.18. The fraction of sp³-hybridized carbons (Fsp3) is 0.647. The van der Waals surface area contributed by atoms with Crippen molar-refractivity contribution in [1.82, 2.24) is 4.90 Å². The second-order valence-electron chi connectivity index (χ2n) is 5.18. The van der Waals surface area contributed by atoms with Crippen LogP contribution >= 0.6 is 0 Å². The molecule has 0 bridgehead atoms. The van der Waals surface area contributed by atoms with Crippen LogP contribution in [-0.2, 0) is 0 Å². The van der Waals surface area contributed by atoms with Crippen molar-refractivity contribution in [3.8, 4) is 0 Å². The number of benzene rings is 1. The van der Waals surface area contributed by atoms with Crippen LogP contribution in [0, 0.1) is 12.8 Å². The van der Waals surface area contributed by atoms with E-state index in [1.807, 2.05) is 32.0 Å². The predicted octanol–water partition coefficient (Wildman–Crippen LogP) is 4.51. The lowest BCUT2D eigenvalue weighted by Gasteiger charge is -2.46. The molecule has 3 rings (SSSR count). The maximum atomic E-state index is 2.50. The van der Waals surface area contributed by atoms with Crippen LogP contribution in [0.25, 0.3) is 0 Å². The van der Waals surface area contributed by atoms with Gasteiger partial charge >= 0.3 is 0 Å². The van der Waals surface area contributed by atoms with Crippen LogP contribution in [0.3, 0.4) is 0 Å². The lowest BCUT2D eigenvalue weighted by atomic mass is 9.75. The van der Waals surface area contributed by atoms with Crippen molar-refractivity contribution in [2.45, 2.75) is 52.5 Å². The first-order valence-corrected chi connectivity index (χ1v) is 7.49. The van der Waals surface area contributed by atoms with Gasteiger partial charge in [-0.3, -0.25) is 0 Å². The maximum absolute atomic E-state index is 2.50. The van der Waals surface area contributed by atoms with E-state index in [9.17, 15) is 0 Å². The Morgan fingerprint density at radius 2 is 1.61 bits per heavy atom. The zero-order valence-corrected chi connectivity index (χ0v) is 12.5. The molecule has 1 nitrogen and oxygen atoms in total. The largest absolute Gasteiger partial charge is 0.303 e. The van der Waals surface area contributed by atoms with E-state index >= 15 is 0 Å². The maximum Gasteiger partial charge on any atom is 0.0133 e. The molecule has 1 heterocycles. The fourth-order valence-electron chi connectivity index (χ4n) is 2.49. The molecule has 1 atom stereocenters. The monoisotopic (exact) mass is 247 g/mol. The summed E-state index contributed by atoms with van der Waals surface area (Å²) >= 11 is 0. The third kappa shape index (κ3) is 4.45. The third-order valence-corrected chi connectivity index (χ3v) is 3.98. The molecule has 0 N–H and O–H groups in total. The molecule has 1 aliphatic carbocycles. The van der Waals surface area contributed by atoms with E-state index in [1.165, 1.54) is 37.8 Å².